The number of nitrogens with two attached hydrogens (primary N) is 1. The molecule has 72 valence electrons. The summed E-state index contributed by atoms with van der Waals surface area (Å²) in [7, 11) is 1.71. The quantitative estimate of drug-likeness (QED) is 0.629. The number of ether oxygens (including phenoxy) is 1. The number of nitrogens with one attached hydrogen (secondary N) is 1. The number of methoxy groups -OCH3 is 1. The lowest BCUT2D eigenvalue weighted by atomic mass is 9.82. The zero-order valence-corrected chi connectivity index (χ0v) is 8.05. The second kappa shape index (κ2) is 4.80. The van der Waals surface area contributed by atoms with Gasteiger partial charge in [-0.3, -0.25) is 0 Å². The van der Waals surface area contributed by atoms with E-state index in [0.29, 0.717) is 12.6 Å². The number of rotatable bonds is 5. The molecule has 1 fully saturated rings. The van der Waals surface area contributed by atoms with Crippen molar-refractivity contribution in [2.24, 2.45) is 11.7 Å². The summed E-state index contributed by atoms with van der Waals surface area (Å²) < 4.78 is 5.16. The summed E-state index contributed by atoms with van der Waals surface area (Å²) in [5.41, 5.74) is 5.49. The smallest absolute Gasteiger partial charge is 0.0817 e. The molecule has 3 N–H and O–H groups in total. The molecule has 0 amide bonds. The van der Waals surface area contributed by atoms with Crippen LogP contribution < -0.4 is 11.1 Å². The Bertz CT molecular complexity index is 120. The summed E-state index contributed by atoms with van der Waals surface area (Å²) in [5, 5.41) is 3.45. The van der Waals surface area contributed by atoms with E-state index in [1.807, 2.05) is 0 Å². The van der Waals surface area contributed by atoms with Crippen molar-refractivity contribution in [3.05, 3.63) is 0 Å². The fourth-order valence-corrected chi connectivity index (χ4v) is 1.63. The van der Waals surface area contributed by atoms with Crippen LogP contribution in [0.5, 0.6) is 0 Å². The molecule has 0 heterocycles. The highest BCUT2D eigenvalue weighted by atomic mass is 16.5. The first-order chi connectivity index (χ1) is 5.76. The predicted molar refractivity (Wildman–Crippen MR) is 50.0 cm³/mol. The molecule has 0 aromatic heterocycles. The second-order valence-corrected chi connectivity index (χ2v) is 3.78. The van der Waals surface area contributed by atoms with Crippen LogP contribution in [-0.4, -0.2) is 32.3 Å². The molecule has 0 aromatic rings. The van der Waals surface area contributed by atoms with Crippen molar-refractivity contribution < 1.29 is 4.74 Å². The van der Waals surface area contributed by atoms with Gasteiger partial charge in [0.15, 0.2) is 0 Å². The van der Waals surface area contributed by atoms with Crippen LogP contribution in [0.15, 0.2) is 0 Å². The SMILES string of the molecule is COC(CN)CNC1CC(C)C1. The molecule has 0 aliphatic heterocycles. The molecule has 0 saturated heterocycles. The van der Waals surface area contributed by atoms with E-state index in [2.05, 4.69) is 12.2 Å². The highest BCUT2D eigenvalue weighted by Crippen LogP contribution is 2.25. The van der Waals surface area contributed by atoms with E-state index in [1.165, 1.54) is 12.8 Å². The van der Waals surface area contributed by atoms with Gasteiger partial charge in [0.1, 0.15) is 0 Å². The van der Waals surface area contributed by atoms with Crippen molar-refractivity contribution in [1.29, 1.82) is 0 Å². The summed E-state index contributed by atoms with van der Waals surface area (Å²) in [5.74, 6) is 0.904. The molecule has 1 saturated carbocycles. The standard InChI is InChI=1S/C9H20N2O/c1-7-3-8(4-7)11-6-9(5-10)12-2/h7-9,11H,3-6,10H2,1-2H3. The average Bonchev–Trinajstić information content (AvgIpc) is 2.03. The van der Waals surface area contributed by atoms with Gasteiger partial charge in [0, 0.05) is 26.2 Å². The number of hydrogen-bond donors (Lipinski definition) is 2. The molecule has 0 bridgehead atoms. The minimum atomic E-state index is 0.181. The van der Waals surface area contributed by atoms with Gasteiger partial charge in [0.2, 0.25) is 0 Å². The predicted octanol–water partition coefficient (Wildman–Crippen LogP) is 0.348. The Morgan fingerprint density at radius 2 is 2.25 bits per heavy atom. The van der Waals surface area contributed by atoms with Crippen molar-refractivity contribution in [1.82, 2.24) is 5.32 Å². The third-order valence-electron chi connectivity index (χ3n) is 2.60. The lowest BCUT2D eigenvalue weighted by Gasteiger charge is -2.34. The first-order valence-corrected chi connectivity index (χ1v) is 4.72. The minimum Gasteiger partial charge on any atom is -0.379 e. The maximum atomic E-state index is 5.49. The van der Waals surface area contributed by atoms with Gasteiger partial charge >= 0.3 is 0 Å². The topological polar surface area (TPSA) is 47.3 Å². The van der Waals surface area contributed by atoms with Gasteiger partial charge in [0.25, 0.3) is 0 Å². The molecule has 3 nitrogen and oxygen atoms in total. The fourth-order valence-electron chi connectivity index (χ4n) is 1.63. The van der Waals surface area contributed by atoms with Crippen LogP contribution in [0.3, 0.4) is 0 Å². The maximum Gasteiger partial charge on any atom is 0.0817 e. The van der Waals surface area contributed by atoms with Gasteiger partial charge in [-0.05, 0) is 18.8 Å². The first-order valence-electron chi connectivity index (χ1n) is 4.72. The van der Waals surface area contributed by atoms with Gasteiger partial charge < -0.3 is 15.8 Å². The Hall–Kier alpha value is -0.120. The molecule has 0 aromatic carbocycles. The number of hydrogen-bond acceptors (Lipinski definition) is 3. The lowest BCUT2D eigenvalue weighted by Crippen LogP contribution is -2.45. The summed E-state index contributed by atoms with van der Waals surface area (Å²) in [6.45, 7) is 3.78. The molecule has 1 atom stereocenters. The van der Waals surface area contributed by atoms with Gasteiger partial charge in [-0.2, -0.15) is 0 Å². The van der Waals surface area contributed by atoms with E-state index in [-0.39, 0.29) is 6.10 Å². The van der Waals surface area contributed by atoms with Crippen LogP contribution in [0.1, 0.15) is 19.8 Å². The Labute approximate surface area is 74.7 Å². The highest BCUT2D eigenvalue weighted by molar-refractivity contribution is 4.83. The zero-order chi connectivity index (χ0) is 8.97. The molecular formula is C9H20N2O. The van der Waals surface area contributed by atoms with Crippen LogP contribution >= 0.6 is 0 Å². The Morgan fingerprint density at radius 3 is 2.67 bits per heavy atom. The molecule has 1 unspecified atom stereocenters. The summed E-state index contributed by atoms with van der Waals surface area (Å²) in [4.78, 5) is 0. The first kappa shape index (κ1) is 9.96. The van der Waals surface area contributed by atoms with E-state index in [0.717, 1.165) is 12.5 Å². The highest BCUT2D eigenvalue weighted by Gasteiger charge is 2.24. The molecule has 12 heavy (non-hydrogen) atoms. The van der Waals surface area contributed by atoms with Crippen LogP contribution in [-0.2, 0) is 4.74 Å². The molecule has 1 aliphatic carbocycles. The summed E-state index contributed by atoms with van der Waals surface area (Å²) >= 11 is 0. The van der Waals surface area contributed by atoms with Crippen LogP contribution in [0.2, 0.25) is 0 Å². The van der Waals surface area contributed by atoms with E-state index >= 15 is 0 Å². The van der Waals surface area contributed by atoms with E-state index in [9.17, 15) is 0 Å². The molecular weight excluding hydrogens is 152 g/mol. The Kier molecular flexibility index (Phi) is 3.98. The summed E-state index contributed by atoms with van der Waals surface area (Å²) in [6.07, 6.45) is 2.79. The van der Waals surface area contributed by atoms with E-state index in [4.69, 9.17) is 10.5 Å². The van der Waals surface area contributed by atoms with Crippen molar-refractivity contribution in [3.63, 3.8) is 0 Å². The third kappa shape index (κ3) is 2.73. The van der Waals surface area contributed by atoms with E-state index in [1.54, 1.807) is 7.11 Å². The fraction of sp³-hybridized carbons (Fsp3) is 1.00. The largest absolute Gasteiger partial charge is 0.379 e. The van der Waals surface area contributed by atoms with Gasteiger partial charge in [-0.25, -0.2) is 0 Å². The molecule has 1 aliphatic rings. The Morgan fingerprint density at radius 1 is 1.58 bits per heavy atom. The Balaban J connectivity index is 2.01. The molecule has 1 rings (SSSR count). The van der Waals surface area contributed by atoms with Crippen LogP contribution in [0.4, 0.5) is 0 Å². The van der Waals surface area contributed by atoms with Crippen molar-refractivity contribution in [2.75, 3.05) is 20.2 Å². The van der Waals surface area contributed by atoms with Gasteiger partial charge in [-0.1, -0.05) is 6.92 Å². The average molecular weight is 172 g/mol. The van der Waals surface area contributed by atoms with Crippen LogP contribution in [0.25, 0.3) is 0 Å². The van der Waals surface area contributed by atoms with E-state index < -0.39 is 0 Å². The van der Waals surface area contributed by atoms with Gasteiger partial charge in [0.05, 0.1) is 6.10 Å². The normalized spacial score (nSPS) is 31.2. The van der Waals surface area contributed by atoms with Gasteiger partial charge in [-0.15, -0.1) is 0 Å². The minimum absolute atomic E-state index is 0.181. The lowest BCUT2D eigenvalue weighted by molar-refractivity contribution is 0.0975. The van der Waals surface area contributed by atoms with Crippen molar-refractivity contribution in [2.45, 2.75) is 31.9 Å². The maximum absolute atomic E-state index is 5.49. The van der Waals surface area contributed by atoms with Crippen LogP contribution in [0, 0.1) is 5.92 Å². The second-order valence-electron chi connectivity index (χ2n) is 3.78. The monoisotopic (exact) mass is 172 g/mol. The molecule has 3 heteroatoms. The molecule has 0 spiro atoms. The van der Waals surface area contributed by atoms with Crippen molar-refractivity contribution >= 4 is 0 Å². The summed E-state index contributed by atoms with van der Waals surface area (Å²) in [6, 6.07) is 0.712. The van der Waals surface area contributed by atoms with Crippen molar-refractivity contribution in [3.8, 4) is 0 Å². The molecule has 0 radical (unpaired) electrons. The zero-order valence-electron chi connectivity index (χ0n) is 8.05. The third-order valence-corrected chi connectivity index (χ3v) is 2.60.